The predicted molar refractivity (Wildman–Crippen MR) is 98.0 cm³/mol. The van der Waals surface area contributed by atoms with Crippen molar-refractivity contribution < 1.29 is 17.9 Å². The van der Waals surface area contributed by atoms with Crippen molar-refractivity contribution in [2.75, 3.05) is 39.4 Å². The molecule has 0 radical (unpaired) electrons. The van der Waals surface area contributed by atoms with Crippen LogP contribution in [0.25, 0.3) is 0 Å². The molecule has 2 heterocycles. The van der Waals surface area contributed by atoms with Crippen LogP contribution in [-0.2, 0) is 14.8 Å². The lowest BCUT2D eigenvalue weighted by molar-refractivity contribution is 0.0126. The summed E-state index contributed by atoms with van der Waals surface area (Å²) in [6, 6.07) is 6.18. The Morgan fingerprint density at radius 1 is 1.08 bits per heavy atom. The van der Waals surface area contributed by atoms with E-state index in [9.17, 15) is 13.2 Å². The maximum absolute atomic E-state index is 12.9. The van der Waals surface area contributed by atoms with Crippen molar-refractivity contribution in [1.29, 1.82) is 0 Å². The number of amides is 1. The maximum atomic E-state index is 12.9. The van der Waals surface area contributed by atoms with E-state index < -0.39 is 10.0 Å². The standard InChI is InChI=1S/C18H27N3O4S/c1-14-11-15(2)13-21(12-14)26(23,24)17-5-3-16(4-6-17)18(22)19-20-7-9-25-10-8-20/h3-6,14-15H,7-13H2,1-2H3,(H,19,22)/t14-,15-/m0/s1. The van der Waals surface area contributed by atoms with Crippen molar-refractivity contribution in [3.63, 3.8) is 0 Å². The number of piperidine rings is 1. The number of rotatable bonds is 4. The van der Waals surface area contributed by atoms with Crippen LogP contribution in [0.4, 0.5) is 0 Å². The molecule has 1 N–H and O–H groups in total. The number of hydrazine groups is 1. The summed E-state index contributed by atoms with van der Waals surface area (Å²) < 4.78 is 32.6. The first-order valence-corrected chi connectivity index (χ1v) is 10.5. The summed E-state index contributed by atoms with van der Waals surface area (Å²) in [5.74, 6) is 0.468. The van der Waals surface area contributed by atoms with Crippen LogP contribution in [0.15, 0.2) is 29.2 Å². The molecule has 2 saturated heterocycles. The van der Waals surface area contributed by atoms with Crippen LogP contribution in [-0.4, -0.2) is 63.0 Å². The quantitative estimate of drug-likeness (QED) is 0.851. The van der Waals surface area contributed by atoms with E-state index in [1.54, 1.807) is 16.4 Å². The highest BCUT2D eigenvalue weighted by molar-refractivity contribution is 7.89. The fourth-order valence-corrected chi connectivity index (χ4v) is 5.29. The van der Waals surface area contributed by atoms with Gasteiger partial charge in [0.1, 0.15) is 0 Å². The summed E-state index contributed by atoms with van der Waals surface area (Å²) in [6.07, 6.45) is 1.05. The Morgan fingerprint density at radius 2 is 1.65 bits per heavy atom. The number of hydrogen-bond acceptors (Lipinski definition) is 5. The van der Waals surface area contributed by atoms with Gasteiger partial charge in [-0.25, -0.2) is 13.4 Å². The van der Waals surface area contributed by atoms with E-state index in [0.717, 1.165) is 6.42 Å². The van der Waals surface area contributed by atoms with Crippen molar-refractivity contribution in [1.82, 2.24) is 14.7 Å². The van der Waals surface area contributed by atoms with E-state index in [4.69, 9.17) is 4.74 Å². The molecule has 2 atom stereocenters. The fourth-order valence-electron chi connectivity index (χ4n) is 3.61. The van der Waals surface area contributed by atoms with Gasteiger partial charge >= 0.3 is 0 Å². The lowest BCUT2D eigenvalue weighted by Gasteiger charge is -2.34. The molecule has 1 aromatic carbocycles. The molecule has 1 amide bonds. The molecule has 2 aliphatic rings. The lowest BCUT2D eigenvalue weighted by atomic mass is 9.94. The van der Waals surface area contributed by atoms with Gasteiger partial charge in [-0.2, -0.15) is 4.31 Å². The maximum Gasteiger partial charge on any atom is 0.265 e. The van der Waals surface area contributed by atoms with E-state index in [2.05, 4.69) is 19.3 Å². The Kier molecular flexibility index (Phi) is 5.96. The summed E-state index contributed by atoms with van der Waals surface area (Å²) >= 11 is 0. The number of carbonyl (C=O) groups excluding carboxylic acids is 1. The van der Waals surface area contributed by atoms with Crippen LogP contribution in [0.2, 0.25) is 0 Å². The zero-order chi connectivity index (χ0) is 18.7. The summed E-state index contributed by atoms with van der Waals surface area (Å²) in [5, 5.41) is 1.81. The Balaban J connectivity index is 1.69. The number of nitrogens with one attached hydrogen (secondary N) is 1. The average molecular weight is 381 g/mol. The molecular weight excluding hydrogens is 354 g/mol. The van der Waals surface area contributed by atoms with E-state index in [1.165, 1.54) is 12.1 Å². The van der Waals surface area contributed by atoms with E-state index in [1.807, 2.05) is 5.01 Å². The highest BCUT2D eigenvalue weighted by Gasteiger charge is 2.31. The van der Waals surface area contributed by atoms with Crippen molar-refractivity contribution in [2.45, 2.75) is 25.2 Å². The van der Waals surface area contributed by atoms with Crippen LogP contribution in [0.1, 0.15) is 30.6 Å². The van der Waals surface area contributed by atoms with Crippen LogP contribution in [0.3, 0.4) is 0 Å². The normalized spacial score (nSPS) is 25.8. The average Bonchev–Trinajstić information content (AvgIpc) is 2.62. The largest absolute Gasteiger partial charge is 0.379 e. The van der Waals surface area contributed by atoms with Gasteiger partial charge in [0.2, 0.25) is 10.0 Å². The number of sulfonamides is 1. The molecule has 0 bridgehead atoms. The third-order valence-electron chi connectivity index (χ3n) is 4.86. The minimum Gasteiger partial charge on any atom is -0.379 e. The molecular formula is C18H27N3O4S. The zero-order valence-electron chi connectivity index (χ0n) is 15.3. The molecule has 2 fully saturated rings. The Labute approximate surface area is 155 Å². The molecule has 0 unspecified atom stereocenters. The molecule has 144 valence electrons. The van der Waals surface area contributed by atoms with Crippen LogP contribution >= 0.6 is 0 Å². The molecule has 0 spiro atoms. The molecule has 3 rings (SSSR count). The Morgan fingerprint density at radius 3 is 2.23 bits per heavy atom. The second-order valence-corrected chi connectivity index (χ2v) is 9.27. The molecule has 8 heteroatoms. The predicted octanol–water partition coefficient (Wildman–Crippen LogP) is 1.33. The van der Waals surface area contributed by atoms with Gasteiger partial charge in [0.15, 0.2) is 0 Å². The molecule has 1 aromatic rings. The monoisotopic (exact) mass is 381 g/mol. The zero-order valence-corrected chi connectivity index (χ0v) is 16.2. The van der Waals surface area contributed by atoms with Gasteiger partial charge in [-0.15, -0.1) is 0 Å². The summed E-state index contributed by atoms with van der Waals surface area (Å²) in [5.41, 5.74) is 3.26. The molecule has 0 aromatic heterocycles. The second kappa shape index (κ2) is 8.04. The highest BCUT2D eigenvalue weighted by atomic mass is 32.2. The number of carbonyl (C=O) groups is 1. The van der Waals surface area contributed by atoms with Gasteiger partial charge in [-0.1, -0.05) is 13.8 Å². The third-order valence-corrected chi connectivity index (χ3v) is 6.71. The van der Waals surface area contributed by atoms with Crippen molar-refractivity contribution in [3.8, 4) is 0 Å². The van der Waals surface area contributed by atoms with Gasteiger partial charge in [0, 0.05) is 31.7 Å². The van der Waals surface area contributed by atoms with Crippen LogP contribution < -0.4 is 5.43 Å². The van der Waals surface area contributed by atoms with Gasteiger partial charge < -0.3 is 4.74 Å². The molecule has 7 nitrogen and oxygen atoms in total. The van der Waals surface area contributed by atoms with Crippen molar-refractivity contribution in [3.05, 3.63) is 29.8 Å². The molecule has 26 heavy (non-hydrogen) atoms. The van der Waals surface area contributed by atoms with E-state index >= 15 is 0 Å². The summed E-state index contributed by atoms with van der Waals surface area (Å²) in [4.78, 5) is 12.5. The SMILES string of the molecule is C[C@H]1C[C@H](C)CN(S(=O)(=O)c2ccc(C(=O)NN3CCOCC3)cc2)C1. The topological polar surface area (TPSA) is 79.0 Å². The second-order valence-electron chi connectivity index (χ2n) is 7.33. The lowest BCUT2D eigenvalue weighted by Crippen LogP contribution is -2.48. The number of nitrogens with zero attached hydrogens (tertiary/aromatic N) is 2. The summed E-state index contributed by atoms with van der Waals surface area (Å²) in [6.45, 7) is 7.72. The smallest absolute Gasteiger partial charge is 0.265 e. The minimum absolute atomic E-state index is 0.238. The highest BCUT2D eigenvalue weighted by Crippen LogP contribution is 2.26. The van der Waals surface area contributed by atoms with E-state index in [0.29, 0.717) is 56.8 Å². The van der Waals surface area contributed by atoms with E-state index in [-0.39, 0.29) is 10.8 Å². The van der Waals surface area contributed by atoms with Crippen LogP contribution in [0, 0.1) is 11.8 Å². The number of ether oxygens (including phenoxy) is 1. The van der Waals surface area contributed by atoms with Crippen molar-refractivity contribution >= 4 is 15.9 Å². The fraction of sp³-hybridized carbons (Fsp3) is 0.611. The van der Waals surface area contributed by atoms with Gasteiger partial charge in [0.25, 0.3) is 5.91 Å². The number of morpholine rings is 1. The van der Waals surface area contributed by atoms with Gasteiger partial charge in [-0.3, -0.25) is 10.2 Å². The van der Waals surface area contributed by atoms with Gasteiger partial charge in [-0.05, 0) is 42.5 Å². The Hall–Kier alpha value is -1.48. The first kappa shape index (κ1) is 19.3. The summed E-state index contributed by atoms with van der Waals surface area (Å²) in [7, 11) is -3.52. The first-order valence-electron chi connectivity index (χ1n) is 9.10. The molecule has 2 aliphatic heterocycles. The molecule has 0 saturated carbocycles. The number of hydrogen-bond donors (Lipinski definition) is 1. The molecule has 0 aliphatic carbocycles. The number of benzene rings is 1. The van der Waals surface area contributed by atoms with Crippen molar-refractivity contribution in [2.24, 2.45) is 11.8 Å². The Bertz CT molecular complexity index is 719. The van der Waals surface area contributed by atoms with Crippen LogP contribution in [0.5, 0.6) is 0 Å². The minimum atomic E-state index is -3.52. The van der Waals surface area contributed by atoms with Gasteiger partial charge in [0.05, 0.1) is 18.1 Å². The third kappa shape index (κ3) is 4.43. The first-order chi connectivity index (χ1) is 12.4.